The molecule has 0 heterocycles. The van der Waals surface area contributed by atoms with Gasteiger partial charge in [-0.15, -0.1) is 0 Å². The van der Waals surface area contributed by atoms with Crippen molar-refractivity contribution in [3.63, 3.8) is 0 Å². The number of ether oxygens (including phenoxy) is 2. The Balaban J connectivity index is 2.06. The van der Waals surface area contributed by atoms with Crippen LogP contribution in [0, 0.1) is 6.92 Å². The maximum atomic E-state index is 5.47. The smallest absolute Gasteiger partial charge is 0.141 e. The fourth-order valence-corrected chi connectivity index (χ4v) is 2.64. The number of methoxy groups -OCH3 is 2. The van der Waals surface area contributed by atoms with E-state index >= 15 is 0 Å². The molecule has 2 rings (SSSR count). The topological polar surface area (TPSA) is 30.5 Å². The summed E-state index contributed by atoms with van der Waals surface area (Å²) in [5.41, 5.74) is 2.34. The standard InChI is InChI=1S/C15H23NO2/c1-11-7-8-15(18-3)14(9-11)16-12-5-4-6-13(10-12)17-2/h7-9,12-13,16H,4-6,10H2,1-3H3. The molecule has 0 amide bonds. The summed E-state index contributed by atoms with van der Waals surface area (Å²) < 4.78 is 10.9. The Kier molecular flexibility index (Phi) is 4.48. The third-order valence-electron chi connectivity index (χ3n) is 3.67. The Morgan fingerprint density at radius 3 is 2.78 bits per heavy atom. The number of rotatable bonds is 4. The summed E-state index contributed by atoms with van der Waals surface area (Å²) in [5.74, 6) is 0.917. The fourth-order valence-electron chi connectivity index (χ4n) is 2.64. The van der Waals surface area contributed by atoms with Gasteiger partial charge in [0, 0.05) is 13.2 Å². The van der Waals surface area contributed by atoms with Gasteiger partial charge < -0.3 is 14.8 Å². The average molecular weight is 249 g/mol. The minimum Gasteiger partial charge on any atom is -0.495 e. The molecule has 1 aromatic carbocycles. The van der Waals surface area contributed by atoms with Crippen LogP contribution in [0.3, 0.4) is 0 Å². The quantitative estimate of drug-likeness (QED) is 0.887. The lowest BCUT2D eigenvalue weighted by Crippen LogP contribution is -2.31. The summed E-state index contributed by atoms with van der Waals surface area (Å²) in [6, 6.07) is 6.73. The van der Waals surface area contributed by atoms with Crippen molar-refractivity contribution in [2.24, 2.45) is 0 Å². The molecule has 1 fully saturated rings. The van der Waals surface area contributed by atoms with Crippen molar-refractivity contribution >= 4 is 5.69 Å². The molecule has 2 atom stereocenters. The Labute approximate surface area is 109 Å². The first-order chi connectivity index (χ1) is 8.72. The molecule has 0 saturated heterocycles. The van der Waals surface area contributed by atoms with E-state index < -0.39 is 0 Å². The maximum Gasteiger partial charge on any atom is 0.141 e. The molecule has 1 aliphatic carbocycles. The van der Waals surface area contributed by atoms with Gasteiger partial charge in [-0.2, -0.15) is 0 Å². The normalized spacial score (nSPS) is 23.7. The monoisotopic (exact) mass is 249 g/mol. The second-order valence-corrected chi connectivity index (χ2v) is 5.07. The number of hydrogen-bond donors (Lipinski definition) is 1. The van der Waals surface area contributed by atoms with E-state index in [1.807, 2.05) is 6.07 Å². The highest BCUT2D eigenvalue weighted by Gasteiger charge is 2.22. The summed E-state index contributed by atoms with van der Waals surface area (Å²) in [4.78, 5) is 0. The van der Waals surface area contributed by atoms with E-state index in [0.29, 0.717) is 12.1 Å². The third kappa shape index (κ3) is 3.16. The van der Waals surface area contributed by atoms with Crippen LogP contribution in [0.1, 0.15) is 31.2 Å². The van der Waals surface area contributed by atoms with Gasteiger partial charge in [0.1, 0.15) is 5.75 Å². The van der Waals surface area contributed by atoms with E-state index in [9.17, 15) is 0 Å². The van der Waals surface area contributed by atoms with Gasteiger partial charge in [0.05, 0.1) is 18.9 Å². The Bertz CT molecular complexity index is 392. The molecule has 0 bridgehead atoms. The van der Waals surface area contributed by atoms with Crippen molar-refractivity contribution in [3.05, 3.63) is 23.8 Å². The zero-order valence-corrected chi connectivity index (χ0v) is 11.5. The third-order valence-corrected chi connectivity index (χ3v) is 3.67. The van der Waals surface area contributed by atoms with Gasteiger partial charge in [-0.05, 0) is 50.3 Å². The van der Waals surface area contributed by atoms with E-state index in [1.54, 1.807) is 14.2 Å². The Hall–Kier alpha value is -1.22. The largest absolute Gasteiger partial charge is 0.495 e. The van der Waals surface area contributed by atoms with E-state index in [2.05, 4.69) is 24.4 Å². The lowest BCUT2D eigenvalue weighted by molar-refractivity contribution is 0.0669. The summed E-state index contributed by atoms with van der Waals surface area (Å²) in [6.07, 6.45) is 5.08. The Morgan fingerprint density at radius 2 is 2.06 bits per heavy atom. The van der Waals surface area contributed by atoms with Crippen LogP contribution in [0.2, 0.25) is 0 Å². The SMILES string of the molecule is COc1ccc(C)cc1NC1CCCC(OC)C1. The van der Waals surface area contributed by atoms with Crippen LogP contribution >= 0.6 is 0 Å². The predicted molar refractivity (Wildman–Crippen MR) is 74.4 cm³/mol. The molecule has 18 heavy (non-hydrogen) atoms. The number of aryl methyl sites for hydroxylation is 1. The van der Waals surface area contributed by atoms with Crippen LogP contribution in [0.5, 0.6) is 5.75 Å². The molecule has 1 saturated carbocycles. The highest BCUT2D eigenvalue weighted by molar-refractivity contribution is 5.58. The molecule has 2 unspecified atom stereocenters. The minimum absolute atomic E-state index is 0.395. The number of anilines is 1. The van der Waals surface area contributed by atoms with Crippen molar-refractivity contribution < 1.29 is 9.47 Å². The number of hydrogen-bond acceptors (Lipinski definition) is 3. The van der Waals surface area contributed by atoms with Gasteiger partial charge in [0.15, 0.2) is 0 Å². The molecule has 0 radical (unpaired) electrons. The molecular formula is C15H23NO2. The molecule has 0 aromatic heterocycles. The highest BCUT2D eigenvalue weighted by Crippen LogP contribution is 2.29. The summed E-state index contributed by atoms with van der Waals surface area (Å²) >= 11 is 0. The van der Waals surface area contributed by atoms with Gasteiger partial charge in [0.2, 0.25) is 0 Å². The minimum atomic E-state index is 0.395. The van der Waals surface area contributed by atoms with E-state index in [1.165, 1.54) is 24.8 Å². The van der Waals surface area contributed by atoms with Gasteiger partial charge in [-0.1, -0.05) is 6.07 Å². The average Bonchev–Trinajstić information content (AvgIpc) is 2.39. The highest BCUT2D eigenvalue weighted by atomic mass is 16.5. The molecular weight excluding hydrogens is 226 g/mol. The first kappa shape index (κ1) is 13.2. The fraction of sp³-hybridized carbons (Fsp3) is 0.600. The van der Waals surface area contributed by atoms with Gasteiger partial charge in [0.25, 0.3) is 0 Å². The molecule has 1 aromatic rings. The van der Waals surface area contributed by atoms with Crippen LogP contribution in [-0.4, -0.2) is 26.4 Å². The van der Waals surface area contributed by atoms with Crippen LogP contribution in [0.4, 0.5) is 5.69 Å². The zero-order valence-electron chi connectivity index (χ0n) is 11.5. The van der Waals surface area contributed by atoms with E-state index in [0.717, 1.165) is 17.9 Å². The molecule has 3 heteroatoms. The lowest BCUT2D eigenvalue weighted by atomic mass is 9.92. The second kappa shape index (κ2) is 6.10. The summed E-state index contributed by atoms with van der Waals surface area (Å²) in [6.45, 7) is 2.10. The molecule has 100 valence electrons. The maximum absolute atomic E-state index is 5.47. The first-order valence-electron chi connectivity index (χ1n) is 6.67. The second-order valence-electron chi connectivity index (χ2n) is 5.07. The molecule has 0 spiro atoms. The van der Waals surface area contributed by atoms with Crippen molar-refractivity contribution in [1.29, 1.82) is 0 Å². The van der Waals surface area contributed by atoms with Crippen LogP contribution < -0.4 is 10.1 Å². The van der Waals surface area contributed by atoms with E-state index in [4.69, 9.17) is 9.47 Å². The van der Waals surface area contributed by atoms with Gasteiger partial charge in [-0.25, -0.2) is 0 Å². The Morgan fingerprint density at radius 1 is 1.22 bits per heavy atom. The molecule has 3 nitrogen and oxygen atoms in total. The summed E-state index contributed by atoms with van der Waals surface area (Å²) in [5, 5.41) is 3.60. The number of nitrogens with one attached hydrogen (secondary N) is 1. The van der Waals surface area contributed by atoms with Crippen molar-refractivity contribution in [1.82, 2.24) is 0 Å². The molecule has 1 N–H and O–H groups in total. The van der Waals surface area contributed by atoms with Crippen molar-refractivity contribution in [2.45, 2.75) is 44.8 Å². The van der Waals surface area contributed by atoms with Gasteiger partial charge >= 0.3 is 0 Å². The van der Waals surface area contributed by atoms with Gasteiger partial charge in [-0.3, -0.25) is 0 Å². The number of benzene rings is 1. The first-order valence-corrected chi connectivity index (χ1v) is 6.67. The van der Waals surface area contributed by atoms with E-state index in [-0.39, 0.29) is 0 Å². The van der Waals surface area contributed by atoms with Crippen LogP contribution in [0.15, 0.2) is 18.2 Å². The molecule has 1 aliphatic rings. The van der Waals surface area contributed by atoms with Crippen molar-refractivity contribution in [2.75, 3.05) is 19.5 Å². The van der Waals surface area contributed by atoms with Crippen LogP contribution in [-0.2, 0) is 4.74 Å². The van der Waals surface area contributed by atoms with Crippen LogP contribution in [0.25, 0.3) is 0 Å². The predicted octanol–water partition coefficient (Wildman–Crippen LogP) is 3.37. The lowest BCUT2D eigenvalue weighted by Gasteiger charge is -2.30. The van der Waals surface area contributed by atoms with Crippen molar-refractivity contribution in [3.8, 4) is 5.75 Å². The zero-order chi connectivity index (χ0) is 13.0. The summed E-state index contributed by atoms with van der Waals surface area (Å²) in [7, 11) is 3.52. The molecule has 0 aliphatic heterocycles.